The summed E-state index contributed by atoms with van der Waals surface area (Å²) in [6, 6.07) is 15.8. The van der Waals surface area contributed by atoms with Gasteiger partial charge in [-0.25, -0.2) is 4.39 Å². The highest BCUT2D eigenvalue weighted by Gasteiger charge is 2.00. The Labute approximate surface area is 124 Å². The van der Waals surface area contributed by atoms with E-state index in [9.17, 15) is 4.39 Å². The summed E-state index contributed by atoms with van der Waals surface area (Å²) in [5, 5.41) is 0. The number of likely N-dealkylation sites (N-methyl/N-ethyl adjacent to an activating group) is 1. The molecule has 0 amide bonds. The molecule has 0 fully saturated rings. The summed E-state index contributed by atoms with van der Waals surface area (Å²) >= 11 is 0. The molecule has 0 atom stereocenters. The SMILES string of the molecule is CN(CCOc1ccccc1)CCOc1ccc(F)cc1. The van der Waals surface area contributed by atoms with Crippen molar-refractivity contribution in [3.05, 3.63) is 60.4 Å². The number of ether oxygens (including phenoxy) is 2. The summed E-state index contributed by atoms with van der Waals surface area (Å²) in [5.41, 5.74) is 0. The Morgan fingerprint density at radius 3 is 1.90 bits per heavy atom. The first kappa shape index (κ1) is 15.3. The van der Waals surface area contributed by atoms with Gasteiger partial charge in [0.1, 0.15) is 30.5 Å². The summed E-state index contributed by atoms with van der Waals surface area (Å²) in [6.07, 6.45) is 0. The van der Waals surface area contributed by atoms with Crippen molar-refractivity contribution in [3.63, 3.8) is 0 Å². The normalized spacial score (nSPS) is 10.6. The molecule has 0 bridgehead atoms. The Bertz CT molecular complexity index is 516. The van der Waals surface area contributed by atoms with E-state index in [1.807, 2.05) is 37.4 Å². The number of rotatable bonds is 8. The van der Waals surface area contributed by atoms with Crippen molar-refractivity contribution in [1.82, 2.24) is 4.90 Å². The number of hydrogen-bond acceptors (Lipinski definition) is 3. The van der Waals surface area contributed by atoms with E-state index in [1.165, 1.54) is 12.1 Å². The summed E-state index contributed by atoms with van der Waals surface area (Å²) < 4.78 is 23.9. The maximum absolute atomic E-state index is 12.7. The van der Waals surface area contributed by atoms with Crippen LogP contribution in [0.4, 0.5) is 4.39 Å². The molecule has 0 aromatic heterocycles. The molecule has 2 aromatic carbocycles. The second-order valence-electron chi connectivity index (χ2n) is 4.77. The van der Waals surface area contributed by atoms with Crippen LogP contribution in [0.5, 0.6) is 11.5 Å². The van der Waals surface area contributed by atoms with Gasteiger partial charge in [0.15, 0.2) is 0 Å². The number of halogens is 1. The van der Waals surface area contributed by atoms with Gasteiger partial charge in [0.2, 0.25) is 0 Å². The van der Waals surface area contributed by atoms with Crippen LogP contribution in [0.1, 0.15) is 0 Å². The van der Waals surface area contributed by atoms with Crippen molar-refractivity contribution in [2.24, 2.45) is 0 Å². The van der Waals surface area contributed by atoms with E-state index < -0.39 is 0 Å². The average molecular weight is 289 g/mol. The van der Waals surface area contributed by atoms with Crippen LogP contribution in [-0.2, 0) is 0 Å². The molecule has 2 rings (SSSR count). The van der Waals surface area contributed by atoms with Crippen molar-refractivity contribution < 1.29 is 13.9 Å². The summed E-state index contributed by atoms with van der Waals surface area (Å²) in [5.74, 6) is 1.32. The molecule has 0 aliphatic carbocycles. The minimum atomic E-state index is -0.252. The van der Waals surface area contributed by atoms with Crippen molar-refractivity contribution in [3.8, 4) is 11.5 Å². The van der Waals surface area contributed by atoms with Crippen LogP contribution in [0.2, 0.25) is 0 Å². The Morgan fingerprint density at radius 1 is 0.810 bits per heavy atom. The molecular formula is C17H20FNO2. The van der Waals surface area contributed by atoms with Gasteiger partial charge in [0, 0.05) is 13.1 Å². The number of para-hydroxylation sites is 1. The molecule has 0 heterocycles. The summed E-state index contributed by atoms with van der Waals surface area (Å²) in [4.78, 5) is 2.13. The lowest BCUT2D eigenvalue weighted by atomic mass is 10.3. The molecule has 4 heteroatoms. The third kappa shape index (κ3) is 5.83. The van der Waals surface area contributed by atoms with Crippen LogP contribution in [-0.4, -0.2) is 38.3 Å². The maximum atomic E-state index is 12.7. The van der Waals surface area contributed by atoms with Crippen LogP contribution < -0.4 is 9.47 Å². The third-order valence-corrected chi connectivity index (χ3v) is 3.04. The molecule has 3 nitrogen and oxygen atoms in total. The zero-order valence-electron chi connectivity index (χ0n) is 12.2. The highest BCUT2D eigenvalue weighted by molar-refractivity contribution is 5.22. The van der Waals surface area contributed by atoms with E-state index in [1.54, 1.807) is 12.1 Å². The highest BCUT2D eigenvalue weighted by atomic mass is 19.1. The first-order chi connectivity index (χ1) is 10.2. The third-order valence-electron chi connectivity index (χ3n) is 3.04. The molecule has 0 aliphatic heterocycles. The molecule has 0 aliphatic rings. The Kier molecular flexibility index (Phi) is 6.03. The van der Waals surface area contributed by atoms with E-state index in [0.29, 0.717) is 19.0 Å². The number of nitrogens with zero attached hydrogens (tertiary/aromatic N) is 1. The largest absolute Gasteiger partial charge is 0.492 e. The first-order valence-corrected chi connectivity index (χ1v) is 6.99. The second kappa shape index (κ2) is 8.27. The quantitative estimate of drug-likeness (QED) is 0.745. The van der Waals surface area contributed by atoms with Gasteiger partial charge in [0.05, 0.1) is 0 Å². The zero-order valence-corrected chi connectivity index (χ0v) is 12.2. The smallest absolute Gasteiger partial charge is 0.123 e. The van der Waals surface area contributed by atoms with Gasteiger partial charge in [-0.1, -0.05) is 18.2 Å². The highest BCUT2D eigenvalue weighted by Crippen LogP contribution is 2.11. The lowest BCUT2D eigenvalue weighted by Crippen LogP contribution is -2.28. The van der Waals surface area contributed by atoms with Gasteiger partial charge < -0.3 is 9.47 Å². The van der Waals surface area contributed by atoms with Gasteiger partial charge >= 0.3 is 0 Å². The minimum Gasteiger partial charge on any atom is -0.492 e. The van der Waals surface area contributed by atoms with Gasteiger partial charge in [-0.05, 0) is 43.4 Å². The van der Waals surface area contributed by atoms with E-state index in [0.717, 1.165) is 18.8 Å². The zero-order chi connectivity index (χ0) is 14.9. The number of hydrogen-bond donors (Lipinski definition) is 0. The second-order valence-corrected chi connectivity index (χ2v) is 4.77. The van der Waals surface area contributed by atoms with E-state index in [4.69, 9.17) is 9.47 Å². The van der Waals surface area contributed by atoms with Crippen LogP contribution in [0.3, 0.4) is 0 Å². The molecule has 112 valence electrons. The van der Waals surface area contributed by atoms with Crippen LogP contribution in [0.15, 0.2) is 54.6 Å². The van der Waals surface area contributed by atoms with Crippen molar-refractivity contribution in [2.75, 3.05) is 33.4 Å². The summed E-state index contributed by atoms with van der Waals surface area (Å²) in [7, 11) is 2.02. The fraction of sp³-hybridized carbons (Fsp3) is 0.294. The molecule has 0 spiro atoms. The molecule has 0 saturated carbocycles. The van der Waals surface area contributed by atoms with Gasteiger partial charge in [-0.3, -0.25) is 4.90 Å². The van der Waals surface area contributed by atoms with Crippen LogP contribution in [0, 0.1) is 5.82 Å². The van der Waals surface area contributed by atoms with Gasteiger partial charge in [-0.2, -0.15) is 0 Å². The molecule has 0 unspecified atom stereocenters. The Balaban J connectivity index is 1.59. The van der Waals surface area contributed by atoms with Crippen LogP contribution >= 0.6 is 0 Å². The van der Waals surface area contributed by atoms with Gasteiger partial charge in [-0.15, -0.1) is 0 Å². The van der Waals surface area contributed by atoms with Crippen molar-refractivity contribution >= 4 is 0 Å². The van der Waals surface area contributed by atoms with Crippen molar-refractivity contribution in [2.45, 2.75) is 0 Å². The van der Waals surface area contributed by atoms with Gasteiger partial charge in [0.25, 0.3) is 0 Å². The molecular weight excluding hydrogens is 269 g/mol. The van der Waals surface area contributed by atoms with Crippen molar-refractivity contribution in [1.29, 1.82) is 0 Å². The molecule has 0 N–H and O–H groups in total. The molecule has 21 heavy (non-hydrogen) atoms. The van der Waals surface area contributed by atoms with E-state index in [2.05, 4.69) is 4.90 Å². The standard InChI is InChI=1S/C17H20FNO2/c1-19(11-13-20-16-5-3-2-4-6-16)12-14-21-17-9-7-15(18)8-10-17/h2-10H,11-14H2,1H3. The molecule has 2 aromatic rings. The fourth-order valence-corrected chi connectivity index (χ4v) is 1.80. The monoisotopic (exact) mass is 289 g/mol. The predicted molar refractivity (Wildman–Crippen MR) is 81.3 cm³/mol. The number of benzene rings is 2. The summed E-state index contributed by atoms with van der Waals surface area (Å²) in [6.45, 7) is 2.81. The lowest BCUT2D eigenvalue weighted by Gasteiger charge is -2.17. The first-order valence-electron chi connectivity index (χ1n) is 6.99. The predicted octanol–water partition coefficient (Wildman–Crippen LogP) is 3.22. The Hall–Kier alpha value is -2.07. The fourth-order valence-electron chi connectivity index (χ4n) is 1.80. The Morgan fingerprint density at radius 2 is 1.33 bits per heavy atom. The van der Waals surface area contributed by atoms with E-state index >= 15 is 0 Å². The average Bonchev–Trinajstić information content (AvgIpc) is 2.50. The minimum absolute atomic E-state index is 0.252. The maximum Gasteiger partial charge on any atom is 0.123 e. The lowest BCUT2D eigenvalue weighted by molar-refractivity contribution is 0.202. The molecule has 0 saturated heterocycles. The van der Waals surface area contributed by atoms with Crippen LogP contribution in [0.25, 0.3) is 0 Å². The van der Waals surface area contributed by atoms with E-state index in [-0.39, 0.29) is 5.82 Å². The topological polar surface area (TPSA) is 21.7 Å². The molecule has 0 radical (unpaired) electrons.